The lowest BCUT2D eigenvalue weighted by Crippen LogP contribution is -2.47. The van der Waals surface area contributed by atoms with Crippen molar-refractivity contribution in [1.29, 1.82) is 0 Å². The van der Waals surface area contributed by atoms with Crippen molar-refractivity contribution in [3.05, 3.63) is 0 Å². The highest BCUT2D eigenvalue weighted by molar-refractivity contribution is 4.93. The minimum atomic E-state index is -0.762. The first-order valence-electron chi connectivity index (χ1n) is 11.2. The van der Waals surface area contributed by atoms with Crippen molar-refractivity contribution in [3.8, 4) is 0 Å². The van der Waals surface area contributed by atoms with Crippen LogP contribution in [0, 0.1) is 41.4 Å². The lowest BCUT2D eigenvalue weighted by atomic mass is 9.67. The van der Waals surface area contributed by atoms with Gasteiger partial charge >= 0.3 is 0 Å². The summed E-state index contributed by atoms with van der Waals surface area (Å²) in [6, 6.07) is 0. The fourth-order valence-electron chi connectivity index (χ4n) is 4.76. The smallest absolute Gasteiger partial charge is 0.0695 e. The van der Waals surface area contributed by atoms with Gasteiger partial charge in [-0.25, -0.2) is 0 Å². The van der Waals surface area contributed by atoms with Gasteiger partial charge in [-0.3, -0.25) is 0 Å². The molecule has 0 heterocycles. The molecule has 0 aromatic carbocycles. The fourth-order valence-corrected chi connectivity index (χ4v) is 4.76. The minimum absolute atomic E-state index is 0.141. The van der Waals surface area contributed by atoms with E-state index in [1.807, 2.05) is 13.8 Å². The van der Waals surface area contributed by atoms with Crippen molar-refractivity contribution >= 4 is 0 Å². The molecule has 0 aliphatic heterocycles. The number of rotatable bonds is 12. The van der Waals surface area contributed by atoms with Crippen LogP contribution in [0.15, 0.2) is 0 Å². The van der Waals surface area contributed by atoms with Crippen LogP contribution in [-0.2, 0) is 0 Å². The van der Waals surface area contributed by atoms with E-state index in [0.29, 0.717) is 12.8 Å². The maximum atomic E-state index is 11.4. The highest BCUT2D eigenvalue weighted by atomic mass is 16.3. The largest absolute Gasteiger partial charge is 0.393 e. The van der Waals surface area contributed by atoms with Gasteiger partial charge < -0.3 is 15.3 Å². The van der Waals surface area contributed by atoms with Gasteiger partial charge in [0.2, 0.25) is 0 Å². The van der Waals surface area contributed by atoms with E-state index < -0.39 is 11.2 Å². The van der Waals surface area contributed by atoms with E-state index in [1.54, 1.807) is 0 Å². The van der Waals surface area contributed by atoms with E-state index in [-0.39, 0.29) is 47.5 Å². The van der Waals surface area contributed by atoms with Gasteiger partial charge in [-0.2, -0.15) is 0 Å². The molecule has 0 aliphatic rings. The summed E-state index contributed by atoms with van der Waals surface area (Å²) in [7, 11) is 0. The Hall–Kier alpha value is -0.120. The summed E-state index contributed by atoms with van der Waals surface area (Å²) in [5.41, 5.74) is -1.52. The second-order valence-corrected chi connectivity index (χ2v) is 10.8. The zero-order chi connectivity index (χ0) is 21.7. The summed E-state index contributed by atoms with van der Waals surface area (Å²) >= 11 is 0. The Morgan fingerprint density at radius 1 is 0.593 bits per heavy atom. The van der Waals surface area contributed by atoms with Gasteiger partial charge in [0, 0.05) is 0 Å². The van der Waals surface area contributed by atoms with Crippen LogP contribution in [0.4, 0.5) is 0 Å². The van der Waals surface area contributed by atoms with Crippen LogP contribution in [-0.4, -0.2) is 32.6 Å². The second kappa shape index (κ2) is 10.6. The summed E-state index contributed by atoms with van der Waals surface area (Å²) in [5, 5.41) is 33.4. The average Bonchev–Trinajstić information content (AvgIpc) is 2.52. The predicted molar refractivity (Wildman–Crippen MR) is 117 cm³/mol. The van der Waals surface area contributed by atoms with E-state index in [4.69, 9.17) is 0 Å². The van der Waals surface area contributed by atoms with Gasteiger partial charge in [-0.1, -0.05) is 76.2 Å². The molecule has 2 atom stereocenters. The quantitative estimate of drug-likeness (QED) is 0.414. The first-order chi connectivity index (χ1) is 12.1. The summed E-state index contributed by atoms with van der Waals surface area (Å²) < 4.78 is 0. The first-order valence-corrected chi connectivity index (χ1v) is 11.2. The first kappa shape index (κ1) is 26.9. The summed E-state index contributed by atoms with van der Waals surface area (Å²) in [5.74, 6) is 1.12. The molecule has 3 N–H and O–H groups in total. The van der Waals surface area contributed by atoms with Crippen molar-refractivity contribution in [2.45, 2.75) is 113 Å². The van der Waals surface area contributed by atoms with Crippen LogP contribution in [0.2, 0.25) is 0 Å². The molecule has 2 unspecified atom stereocenters. The standard InChI is InChI=1S/C24H50O3/c1-15(2)22(25)20(11)12-21(13-23(26,16(3)4)17(5)6)14-24(27,18(7)8)19(9)10/h15-22,25-27H,12-14H2,1-11H3. The Kier molecular flexibility index (Phi) is 10.6. The maximum absolute atomic E-state index is 11.4. The Morgan fingerprint density at radius 3 is 1.11 bits per heavy atom. The molecule has 3 heteroatoms. The van der Waals surface area contributed by atoms with E-state index in [1.165, 1.54) is 0 Å². The van der Waals surface area contributed by atoms with Crippen LogP contribution in [0.25, 0.3) is 0 Å². The number of aliphatic hydroxyl groups excluding tert-OH is 1. The molecule has 27 heavy (non-hydrogen) atoms. The van der Waals surface area contributed by atoms with Crippen molar-refractivity contribution < 1.29 is 15.3 Å². The molecule has 0 rings (SSSR count). The molecular weight excluding hydrogens is 336 g/mol. The minimum Gasteiger partial charge on any atom is -0.393 e. The lowest BCUT2D eigenvalue weighted by Gasteiger charge is -2.44. The Labute approximate surface area is 170 Å². The monoisotopic (exact) mass is 386 g/mol. The number of hydrogen-bond donors (Lipinski definition) is 3. The van der Waals surface area contributed by atoms with Crippen molar-refractivity contribution in [2.24, 2.45) is 41.4 Å². The molecule has 0 amide bonds. The van der Waals surface area contributed by atoms with E-state index in [2.05, 4.69) is 62.3 Å². The summed E-state index contributed by atoms with van der Waals surface area (Å²) in [6.07, 6.45) is 1.80. The SMILES string of the molecule is CC(C)C(O)C(C)CC(CC(O)(C(C)C)C(C)C)CC(O)(C(C)C)C(C)C. The van der Waals surface area contributed by atoms with E-state index in [9.17, 15) is 15.3 Å². The Balaban J connectivity index is 5.75. The van der Waals surface area contributed by atoms with Gasteiger partial charge in [0.05, 0.1) is 17.3 Å². The van der Waals surface area contributed by atoms with Gasteiger partial charge in [-0.05, 0) is 60.7 Å². The fraction of sp³-hybridized carbons (Fsp3) is 1.00. The molecule has 164 valence electrons. The van der Waals surface area contributed by atoms with Crippen LogP contribution in [0.5, 0.6) is 0 Å². The molecule has 0 saturated heterocycles. The van der Waals surface area contributed by atoms with Gasteiger partial charge in [0.25, 0.3) is 0 Å². The van der Waals surface area contributed by atoms with Crippen molar-refractivity contribution in [2.75, 3.05) is 0 Å². The highest BCUT2D eigenvalue weighted by Crippen LogP contribution is 2.42. The molecular formula is C24H50O3. The van der Waals surface area contributed by atoms with Crippen LogP contribution < -0.4 is 0 Å². The van der Waals surface area contributed by atoms with Crippen molar-refractivity contribution in [1.82, 2.24) is 0 Å². The number of aliphatic hydroxyl groups is 3. The molecule has 0 radical (unpaired) electrons. The Morgan fingerprint density at radius 2 is 0.889 bits per heavy atom. The molecule has 0 aromatic heterocycles. The van der Waals surface area contributed by atoms with Crippen LogP contribution in [0.1, 0.15) is 95.4 Å². The van der Waals surface area contributed by atoms with E-state index >= 15 is 0 Å². The molecule has 0 saturated carbocycles. The van der Waals surface area contributed by atoms with Crippen LogP contribution >= 0.6 is 0 Å². The normalized spacial score (nSPS) is 16.4. The Bertz CT molecular complexity index is 368. The summed E-state index contributed by atoms with van der Waals surface area (Å²) in [6.45, 7) is 22.9. The van der Waals surface area contributed by atoms with E-state index in [0.717, 1.165) is 6.42 Å². The molecule has 0 aromatic rings. The average molecular weight is 387 g/mol. The topological polar surface area (TPSA) is 60.7 Å². The van der Waals surface area contributed by atoms with Gasteiger partial charge in [-0.15, -0.1) is 0 Å². The third-order valence-corrected chi connectivity index (χ3v) is 7.20. The molecule has 3 nitrogen and oxygen atoms in total. The van der Waals surface area contributed by atoms with Crippen molar-refractivity contribution in [3.63, 3.8) is 0 Å². The second-order valence-electron chi connectivity index (χ2n) is 10.8. The summed E-state index contributed by atoms with van der Waals surface area (Å²) in [4.78, 5) is 0. The predicted octanol–water partition coefficient (Wildman–Crippen LogP) is 5.51. The zero-order valence-electron chi connectivity index (χ0n) is 20.1. The highest BCUT2D eigenvalue weighted by Gasteiger charge is 2.42. The van der Waals surface area contributed by atoms with Crippen LogP contribution in [0.3, 0.4) is 0 Å². The molecule has 0 fully saturated rings. The molecule has 0 bridgehead atoms. The number of hydrogen-bond acceptors (Lipinski definition) is 3. The van der Waals surface area contributed by atoms with Gasteiger partial charge in [0.15, 0.2) is 0 Å². The molecule has 0 spiro atoms. The van der Waals surface area contributed by atoms with Gasteiger partial charge in [0.1, 0.15) is 0 Å². The maximum Gasteiger partial charge on any atom is 0.0695 e. The lowest BCUT2D eigenvalue weighted by molar-refractivity contribution is -0.102. The third kappa shape index (κ3) is 7.01. The molecule has 0 aliphatic carbocycles. The third-order valence-electron chi connectivity index (χ3n) is 7.20. The zero-order valence-corrected chi connectivity index (χ0v) is 20.1.